The SMILES string of the molecule is CC(C)(C)C1=CC=C([S+](c2ccccc2)c2ccccc2)CC1. The van der Waals surface area contributed by atoms with Gasteiger partial charge in [0.2, 0.25) is 0 Å². The Hall–Kier alpha value is -1.73. The maximum absolute atomic E-state index is 2.38. The molecule has 118 valence electrons. The van der Waals surface area contributed by atoms with E-state index in [2.05, 4.69) is 93.6 Å². The van der Waals surface area contributed by atoms with Gasteiger partial charge < -0.3 is 0 Å². The highest BCUT2D eigenvalue weighted by Gasteiger charge is 2.32. The molecule has 0 heterocycles. The molecule has 1 aliphatic carbocycles. The van der Waals surface area contributed by atoms with Gasteiger partial charge in [-0.2, -0.15) is 0 Å². The third-order valence-electron chi connectivity index (χ3n) is 4.29. The Labute approximate surface area is 143 Å². The summed E-state index contributed by atoms with van der Waals surface area (Å²) in [5.41, 5.74) is 1.84. The summed E-state index contributed by atoms with van der Waals surface area (Å²) in [6.45, 7) is 6.93. The van der Waals surface area contributed by atoms with Crippen LogP contribution in [-0.2, 0) is 10.9 Å². The van der Waals surface area contributed by atoms with Crippen LogP contribution in [-0.4, -0.2) is 0 Å². The lowest BCUT2D eigenvalue weighted by atomic mass is 9.82. The first-order chi connectivity index (χ1) is 11.1. The maximum Gasteiger partial charge on any atom is 0.166 e. The zero-order valence-corrected chi connectivity index (χ0v) is 15.1. The molecule has 3 rings (SSSR count). The van der Waals surface area contributed by atoms with E-state index in [1.807, 2.05) is 0 Å². The lowest BCUT2D eigenvalue weighted by molar-refractivity contribution is 0.481. The van der Waals surface area contributed by atoms with Gasteiger partial charge in [-0.25, -0.2) is 0 Å². The summed E-state index contributed by atoms with van der Waals surface area (Å²) in [6.07, 6.45) is 7.09. The van der Waals surface area contributed by atoms with Gasteiger partial charge in [0.1, 0.15) is 4.91 Å². The van der Waals surface area contributed by atoms with E-state index >= 15 is 0 Å². The minimum atomic E-state index is 0.0371. The number of benzene rings is 2. The van der Waals surface area contributed by atoms with Gasteiger partial charge in [0.25, 0.3) is 0 Å². The molecule has 2 aromatic carbocycles. The predicted molar refractivity (Wildman–Crippen MR) is 102 cm³/mol. The Kier molecular flexibility index (Phi) is 4.77. The van der Waals surface area contributed by atoms with Crippen molar-refractivity contribution in [2.24, 2.45) is 5.41 Å². The summed E-state index contributed by atoms with van der Waals surface area (Å²) in [6, 6.07) is 21.9. The first kappa shape index (κ1) is 16.1. The first-order valence-corrected chi connectivity index (χ1v) is 9.53. The third-order valence-corrected chi connectivity index (χ3v) is 6.65. The number of hydrogen-bond acceptors (Lipinski definition) is 0. The van der Waals surface area contributed by atoms with E-state index in [9.17, 15) is 0 Å². The second kappa shape index (κ2) is 6.80. The summed E-state index contributed by atoms with van der Waals surface area (Å²) in [7, 11) is 0.0371. The second-order valence-corrected chi connectivity index (χ2v) is 9.09. The van der Waals surface area contributed by atoms with Crippen molar-refractivity contribution in [1.29, 1.82) is 0 Å². The van der Waals surface area contributed by atoms with Crippen molar-refractivity contribution < 1.29 is 0 Å². The van der Waals surface area contributed by atoms with Crippen molar-refractivity contribution >= 4 is 10.9 Å². The van der Waals surface area contributed by atoms with Gasteiger partial charge in [0.15, 0.2) is 9.79 Å². The lowest BCUT2D eigenvalue weighted by Crippen LogP contribution is -2.15. The number of allylic oxidation sites excluding steroid dienone is 4. The molecule has 0 aliphatic heterocycles. The highest BCUT2D eigenvalue weighted by Crippen LogP contribution is 2.39. The molecule has 0 saturated carbocycles. The monoisotopic (exact) mass is 321 g/mol. The van der Waals surface area contributed by atoms with Crippen molar-refractivity contribution in [3.63, 3.8) is 0 Å². The van der Waals surface area contributed by atoms with Crippen molar-refractivity contribution in [3.8, 4) is 0 Å². The van der Waals surface area contributed by atoms with Crippen LogP contribution in [0.1, 0.15) is 33.6 Å². The molecule has 0 nitrogen and oxygen atoms in total. The Morgan fingerprint density at radius 2 is 1.22 bits per heavy atom. The summed E-state index contributed by atoms with van der Waals surface area (Å²) in [5, 5.41) is 0. The van der Waals surface area contributed by atoms with E-state index in [0.717, 1.165) is 6.42 Å². The largest absolute Gasteiger partial charge is 0.166 e. The molecule has 23 heavy (non-hydrogen) atoms. The van der Waals surface area contributed by atoms with E-state index < -0.39 is 0 Å². The molecule has 0 aromatic heterocycles. The third kappa shape index (κ3) is 3.79. The van der Waals surface area contributed by atoms with Crippen LogP contribution in [0.2, 0.25) is 0 Å². The van der Waals surface area contributed by atoms with Gasteiger partial charge in [0.05, 0.1) is 10.9 Å². The van der Waals surface area contributed by atoms with Crippen LogP contribution < -0.4 is 0 Å². The molecule has 0 atom stereocenters. The quantitative estimate of drug-likeness (QED) is 0.576. The molecule has 0 fully saturated rings. The smallest absolute Gasteiger partial charge is 0.0642 e. The molecular formula is C22H25S+. The van der Waals surface area contributed by atoms with Crippen molar-refractivity contribution in [1.82, 2.24) is 0 Å². The molecule has 0 N–H and O–H groups in total. The van der Waals surface area contributed by atoms with E-state index in [4.69, 9.17) is 0 Å². The molecule has 1 heteroatoms. The topological polar surface area (TPSA) is 0 Å². The second-order valence-electron chi connectivity index (χ2n) is 7.01. The zero-order chi connectivity index (χ0) is 16.3. The van der Waals surface area contributed by atoms with Crippen LogP contribution in [0.25, 0.3) is 0 Å². The van der Waals surface area contributed by atoms with Crippen LogP contribution >= 0.6 is 0 Å². The van der Waals surface area contributed by atoms with Crippen molar-refractivity contribution in [2.75, 3.05) is 0 Å². The summed E-state index contributed by atoms with van der Waals surface area (Å²) in [5.74, 6) is 0. The highest BCUT2D eigenvalue weighted by molar-refractivity contribution is 8.00. The van der Waals surface area contributed by atoms with Crippen LogP contribution in [0.15, 0.2) is 93.1 Å². The number of hydrogen-bond donors (Lipinski definition) is 0. The molecular weight excluding hydrogens is 296 g/mol. The van der Waals surface area contributed by atoms with E-state index in [1.54, 1.807) is 10.5 Å². The summed E-state index contributed by atoms with van der Waals surface area (Å²) < 4.78 is 0. The molecule has 0 bridgehead atoms. The molecule has 2 aromatic rings. The maximum atomic E-state index is 2.38. The van der Waals surface area contributed by atoms with Crippen LogP contribution in [0.4, 0.5) is 0 Å². The van der Waals surface area contributed by atoms with Crippen LogP contribution in [0, 0.1) is 5.41 Å². The molecule has 0 saturated heterocycles. The van der Waals surface area contributed by atoms with Crippen molar-refractivity contribution in [3.05, 3.63) is 83.3 Å². The molecule has 1 aliphatic rings. The Morgan fingerprint density at radius 1 is 0.696 bits per heavy atom. The average Bonchev–Trinajstić information content (AvgIpc) is 2.57. The van der Waals surface area contributed by atoms with Crippen LogP contribution in [0.5, 0.6) is 0 Å². The predicted octanol–water partition coefficient (Wildman–Crippen LogP) is 6.37. The van der Waals surface area contributed by atoms with Crippen molar-refractivity contribution in [2.45, 2.75) is 43.4 Å². The summed E-state index contributed by atoms with van der Waals surface area (Å²) >= 11 is 0. The fraction of sp³-hybridized carbons (Fsp3) is 0.273. The summed E-state index contributed by atoms with van der Waals surface area (Å²) in [4.78, 5) is 4.38. The Bertz CT molecular complexity index is 663. The van der Waals surface area contributed by atoms with Gasteiger partial charge in [0, 0.05) is 6.42 Å². The highest BCUT2D eigenvalue weighted by atomic mass is 32.2. The van der Waals surface area contributed by atoms with Gasteiger partial charge >= 0.3 is 0 Å². The normalized spacial score (nSPS) is 15.3. The molecule has 0 radical (unpaired) electrons. The van der Waals surface area contributed by atoms with E-state index in [0.29, 0.717) is 0 Å². The Balaban J connectivity index is 2.01. The first-order valence-electron chi connectivity index (χ1n) is 8.30. The minimum Gasteiger partial charge on any atom is -0.0642 e. The minimum absolute atomic E-state index is 0.0371. The standard InChI is InChI=1S/C22H25S/c1-22(2,3)18-14-16-21(17-15-18)23(19-10-6-4-7-11-19)20-12-8-5-9-13-20/h4-14,16H,15,17H2,1-3H3/q+1. The van der Waals surface area contributed by atoms with Gasteiger partial charge in [-0.3, -0.25) is 0 Å². The van der Waals surface area contributed by atoms with Gasteiger partial charge in [-0.05, 0) is 42.2 Å². The lowest BCUT2D eigenvalue weighted by Gasteiger charge is -2.25. The van der Waals surface area contributed by atoms with Gasteiger partial charge in [-0.15, -0.1) is 0 Å². The fourth-order valence-electron chi connectivity index (χ4n) is 2.97. The fourth-order valence-corrected chi connectivity index (χ4v) is 5.21. The average molecular weight is 322 g/mol. The Morgan fingerprint density at radius 3 is 1.61 bits per heavy atom. The van der Waals surface area contributed by atoms with Crippen LogP contribution in [0.3, 0.4) is 0 Å². The molecule has 0 amide bonds. The van der Waals surface area contributed by atoms with E-state index in [-0.39, 0.29) is 16.3 Å². The zero-order valence-electron chi connectivity index (χ0n) is 14.3. The van der Waals surface area contributed by atoms with E-state index in [1.165, 1.54) is 16.2 Å². The molecule has 0 spiro atoms. The van der Waals surface area contributed by atoms with Gasteiger partial charge in [-0.1, -0.05) is 68.8 Å². The number of rotatable bonds is 3. The molecule has 0 unspecified atom stereocenters.